The molecule has 2 aromatic carbocycles. The molecule has 0 spiro atoms. The Morgan fingerprint density at radius 2 is 1.92 bits per heavy atom. The van der Waals surface area contributed by atoms with Crippen LogP contribution in [0, 0.1) is 12.3 Å². The summed E-state index contributed by atoms with van der Waals surface area (Å²) in [6.07, 6.45) is 9.31. The van der Waals surface area contributed by atoms with Crippen LogP contribution >= 0.6 is 0 Å². The van der Waals surface area contributed by atoms with Crippen LogP contribution in [-0.4, -0.2) is 16.7 Å². The first kappa shape index (κ1) is 15.6. The Morgan fingerprint density at radius 3 is 2.71 bits per heavy atom. The van der Waals surface area contributed by atoms with Crippen LogP contribution < -0.4 is 5.43 Å². The van der Waals surface area contributed by atoms with Gasteiger partial charge in [-0.25, -0.2) is 5.43 Å². The maximum Gasteiger partial charge on any atom is 0.244 e. The minimum absolute atomic E-state index is 0.148. The summed E-state index contributed by atoms with van der Waals surface area (Å²) < 4.78 is 1.99. The van der Waals surface area contributed by atoms with Crippen molar-refractivity contribution in [3.63, 3.8) is 0 Å². The second-order valence-electron chi connectivity index (χ2n) is 5.39. The van der Waals surface area contributed by atoms with E-state index < -0.39 is 0 Å². The number of fused-ring (bicyclic) bond motifs is 1. The molecule has 118 valence electrons. The molecule has 0 bridgehead atoms. The molecule has 0 aliphatic rings. The van der Waals surface area contributed by atoms with E-state index in [1.54, 1.807) is 6.21 Å². The lowest BCUT2D eigenvalue weighted by Gasteiger charge is -1.99. The Bertz CT molecular complexity index is 917. The summed E-state index contributed by atoms with van der Waals surface area (Å²) in [6.45, 7) is 0.495. The highest BCUT2D eigenvalue weighted by molar-refractivity contribution is 5.99. The highest BCUT2D eigenvalue weighted by Gasteiger charge is 2.06. The summed E-state index contributed by atoms with van der Waals surface area (Å²) in [5.41, 5.74) is 5.49. The maximum atomic E-state index is 11.9. The van der Waals surface area contributed by atoms with Crippen LogP contribution in [0.3, 0.4) is 0 Å². The van der Waals surface area contributed by atoms with Gasteiger partial charge in [-0.2, -0.15) is 5.10 Å². The Hall–Kier alpha value is -3.32. The number of para-hydroxylation sites is 1. The average Bonchev–Trinajstić information content (AvgIpc) is 2.94. The Kier molecular flexibility index (Phi) is 4.73. The normalized spacial score (nSPS) is 10.8. The maximum absolute atomic E-state index is 11.9. The van der Waals surface area contributed by atoms with Gasteiger partial charge in [0.1, 0.15) is 0 Å². The van der Waals surface area contributed by atoms with E-state index in [1.165, 1.54) is 0 Å². The van der Waals surface area contributed by atoms with E-state index in [0.717, 1.165) is 22.0 Å². The van der Waals surface area contributed by atoms with E-state index in [4.69, 9.17) is 6.42 Å². The van der Waals surface area contributed by atoms with Crippen molar-refractivity contribution < 1.29 is 4.79 Å². The van der Waals surface area contributed by atoms with Gasteiger partial charge in [0.05, 0.1) is 19.2 Å². The molecule has 0 saturated heterocycles. The number of carbonyl (C=O) groups excluding carboxylic acids is 1. The number of terminal acetylenes is 1. The molecule has 0 fully saturated rings. The highest BCUT2D eigenvalue weighted by Crippen LogP contribution is 2.19. The zero-order valence-electron chi connectivity index (χ0n) is 13.1. The molecule has 0 aliphatic carbocycles. The predicted octanol–water partition coefficient (Wildman–Crippen LogP) is 2.97. The van der Waals surface area contributed by atoms with Gasteiger partial charge in [-0.3, -0.25) is 4.79 Å². The number of hydrogen-bond donors (Lipinski definition) is 1. The molecular weight excluding hydrogens is 298 g/mol. The molecule has 1 amide bonds. The Labute approximate surface area is 140 Å². The smallest absolute Gasteiger partial charge is 0.244 e. The number of hydrogen-bond acceptors (Lipinski definition) is 2. The average molecular weight is 315 g/mol. The second kappa shape index (κ2) is 7.30. The lowest BCUT2D eigenvalue weighted by molar-refractivity contribution is -0.120. The first-order valence-electron chi connectivity index (χ1n) is 7.65. The summed E-state index contributed by atoms with van der Waals surface area (Å²) in [5.74, 6) is 2.49. The molecule has 3 rings (SSSR count). The van der Waals surface area contributed by atoms with Crippen molar-refractivity contribution in [1.29, 1.82) is 0 Å². The Balaban J connectivity index is 1.72. The van der Waals surface area contributed by atoms with Crippen molar-refractivity contribution in [3.8, 4) is 12.3 Å². The minimum atomic E-state index is -0.148. The quantitative estimate of drug-likeness (QED) is 0.439. The number of aromatic nitrogens is 1. The third-order valence-corrected chi connectivity index (χ3v) is 3.68. The van der Waals surface area contributed by atoms with E-state index in [2.05, 4.69) is 16.4 Å². The lowest BCUT2D eigenvalue weighted by atomic mass is 10.1. The van der Waals surface area contributed by atoms with Gasteiger partial charge < -0.3 is 4.57 Å². The molecule has 0 radical (unpaired) electrons. The number of rotatable bonds is 5. The van der Waals surface area contributed by atoms with Crippen LogP contribution in [0.5, 0.6) is 0 Å². The summed E-state index contributed by atoms with van der Waals surface area (Å²) >= 11 is 0. The first-order chi connectivity index (χ1) is 11.8. The van der Waals surface area contributed by atoms with Crippen LogP contribution in [-0.2, 0) is 17.8 Å². The summed E-state index contributed by atoms with van der Waals surface area (Å²) in [4.78, 5) is 11.9. The van der Waals surface area contributed by atoms with Crippen LogP contribution in [0.25, 0.3) is 10.9 Å². The molecule has 24 heavy (non-hydrogen) atoms. The molecule has 0 saturated carbocycles. The molecule has 1 aromatic heterocycles. The van der Waals surface area contributed by atoms with Gasteiger partial charge in [0.2, 0.25) is 5.91 Å². The van der Waals surface area contributed by atoms with Crippen LogP contribution in [0.15, 0.2) is 65.9 Å². The van der Waals surface area contributed by atoms with Crippen LogP contribution in [0.4, 0.5) is 0 Å². The fraction of sp³-hybridized carbons (Fsp3) is 0.100. The molecule has 0 unspecified atom stereocenters. The lowest BCUT2D eigenvalue weighted by Crippen LogP contribution is -2.19. The van der Waals surface area contributed by atoms with Gasteiger partial charge >= 0.3 is 0 Å². The van der Waals surface area contributed by atoms with E-state index in [9.17, 15) is 4.79 Å². The van der Waals surface area contributed by atoms with Crippen molar-refractivity contribution in [2.75, 3.05) is 0 Å². The number of benzene rings is 2. The van der Waals surface area contributed by atoms with Crippen LogP contribution in [0.1, 0.15) is 11.1 Å². The van der Waals surface area contributed by atoms with E-state index >= 15 is 0 Å². The van der Waals surface area contributed by atoms with Crippen molar-refractivity contribution in [2.45, 2.75) is 13.0 Å². The van der Waals surface area contributed by atoms with Gasteiger partial charge in [0, 0.05) is 22.7 Å². The molecule has 4 heteroatoms. The fourth-order valence-corrected chi connectivity index (χ4v) is 2.60. The van der Waals surface area contributed by atoms with Crippen molar-refractivity contribution in [2.24, 2.45) is 5.10 Å². The van der Waals surface area contributed by atoms with Gasteiger partial charge in [0.25, 0.3) is 0 Å². The largest absolute Gasteiger partial charge is 0.335 e. The number of carbonyl (C=O) groups is 1. The fourth-order valence-electron chi connectivity index (χ4n) is 2.60. The summed E-state index contributed by atoms with van der Waals surface area (Å²) in [6, 6.07) is 17.5. The van der Waals surface area contributed by atoms with Crippen molar-refractivity contribution >= 4 is 23.0 Å². The standard InChI is InChI=1S/C20H17N3O/c1-2-12-23-15-17(18-10-6-7-11-19(18)23)14-21-22-20(24)13-16-8-4-3-5-9-16/h1,3-11,14-15H,12-13H2,(H,22,24)/b21-14-. The first-order valence-corrected chi connectivity index (χ1v) is 7.65. The molecule has 0 aliphatic heterocycles. The predicted molar refractivity (Wildman–Crippen MR) is 96.7 cm³/mol. The SMILES string of the molecule is C#CCn1cc(/C=N\NC(=O)Cc2ccccc2)c2ccccc21. The third-order valence-electron chi connectivity index (χ3n) is 3.68. The zero-order chi connectivity index (χ0) is 16.8. The number of nitrogens with one attached hydrogen (secondary N) is 1. The zero-order valence-corrected chi connectivity index (χ0v) is 13.1. The molecule has 1 N–H and O–H groups in total. The topological polar surface area (TPSA) is 46.4 Å². The van der Waals surface area contributed by atoms with Crippen LogP contribution in [0.2, 0.25) is 0 Å². The number of nitrogens with zero attached hydrogens (tertiary/aromatic N) is 2. The monoisotopic (exact) mass is 315 g/mol. The number of hydrazone groups is 1. The molecule has 0 atom stereocenters. The Morgan fingerprint density at radius 1 is 1.17 bits per heavy atom. The van der Waals surface area contributed by atoms with Gasteiger partial charge in [-0.15, -0.1) is 6.42 Å². The minimum Gasteiger partial charge on any atom is -0.335 e. The third kappa shape index (κ3) is 3.53. The molecule has 4 nitrogen and oxygen atoms in total. The molecule has 1 heterocycles. The van der Waals surface area contributed by atoms with Crippen molar-refractivity contribution in [3.05, 3.63) is 71.9 Å². The summed E-state index contributed by atoms with van der Waals surface area (Å²) in [7, 11) is 0. The van der Waals surface area contributed by atoms with Crippen molar-refractivity contribution in [1.82, 2.24) is 9.99 Å². The van der Waals surface area contributed by atoms with Gasteiger partial charge in [-0.1, -0.05) is 54.5 Å². The second-order valence-corrected chi connectivity index (χ2v) is 5.39. The highest BCUT2D eigenvalue weighted by atomic mass is 16.2. The van der Waals surface area contributed by atoms with Gasteiger partial charge in [-0.05, 0) is 11.6 Å². The molecular formula is C20H17N3O. The van der Waals surface area contributed by atoms with E-state index in [1.807, 2.05) is 65.4 Å². The van der Waals surface area contributed by atoms with E-state index in [0.29, 0.717) is 13.0 Å². The number of amides is 1. The van der Waals surface area contributed by atoms with E-state index in [-0.39, 0.29) is 5.91 Å². The summed E-state index contributed by atoms with van der Waals surface area (Å²) in [5, 5.41) is 5.12. The van der Waals surface area contributed by atoms with Gasteiger partial charge in [0.15, 0.2) is 0 Å². The molecule has 3 aromatic rings.